The second-order valence-corrected chi connectivity index (χ2v) is 5.42. The molecule has 5 N–H and O–H groups in total. The molecule has 0 bridgehead atoms. The van der Waals surface area contributed by atoms with Crippen molar-refractivity contribution in [2.24, 2.45) is 10.7 Å². The SMILES string of the molecule is N#CC1=NC([C@@H]2O[C@H](CO)C[C@H]2O)C2=C(CC(N)N2)C1=O. The van der Waals surface area contributed by atoms with Gasteiger partial charge in [0.25, 0.3) is 0 Å². The number of nitrogens with one attached hydrogen (secondary N) is 1. The van der Waals surface area contributed by atoms with Crippen LogP contribution in [0.1, 0.15) is 12.8 Å². The van der Waals surface area contributed by atoms with Crippen LogP contribution in [0, 0.1) is 11.3 Å². The molecule has 3 aliphatic rings. The molecule has 0 aromatic rings. The highest BCUT2D eigenvalue weighted by Gasteiger charge is 2.46. The van der Waals surface area contributed by atoms with Crippen LogP contribution >= 0.6 is 0 Å². The lowest BCUT2D eigenvalue weighted by Crippen LogP contribution is -2.43. The van der Waals surface area contributed by atoms with Crippen LogP contribution < -0.4 is 11.1 Å². The third-order valence-electron chi connectivity index (χ3n) is 4.00. The zero-order valence-corrected chi connectivity index (χ0v) is 11.2. The van der Waals surface area contributed by atoms with E-state index in [1.54, 1.807) is 6.07 Å². The Labute approximate surface area is 120 Å². The van der Waals surface area contributed by atoms with Gasteiger partial charge in [0, 0.05) is 24.1 Å². The standard InChI is InChI=1S/C13H16N4O4/c14-3-7-12(20)6-2-9(15)17-10(6)11(16-7)13-8(19)1-5(4-18)21-13/h5,8-9,11,13,17-19H,1-2,4,15H2/t5-,8+,9?,11?,13+/m0/s1. The Morgan fingerprint density at radius 1 is 1.57 bits per heavy atom. The summed E-state index contributed by atoms with van der Waals surface area (Å²) in [5.74, 6) is -0.421. The van der Waals surface area contributed by atoms with Crippen LogP contribution in [-0.4, -0.2) is 58.8 Å². The number of nitriles is 1. The van der Waals surface area contributed by atoms with Crippen LogP contribution in [0.4, 0.5) is 0 Å². The zero-order valence-electron chi connectivity index (χ0n) is 11.2. The van der Waals surface area contributed by atoms with Gasteiger partial charge in [-0.15, -0.1) is 0 Å². The second kappa shape index (κ2) is 5.20. The van der Waals surface area contributed by atoms with Crippen LogP contribution in [0.5, 0.6) is 0 Å². The lowest BCUT2D eigenvalue weighted by molar-refractivity contribution is -0.110. The van der Waals surface area contributed by atoms with Crippen molar-refractivity contribution in [3.63, 3.8) is 0 Å². The van der Waals surface area contributed by atoms with Crippen molar-refractivity contribution in [2.45, 2.75) is 43.4 Å². The number of nitrogens with zero attached hydrogens (tertiary/aromatic N) is 2. The molecule has 3 aliphatic heterocycles. The predicted molar refractivity (Wildman–Crippen MR) is 71.0 cm³/mol. The highest BCUT2D eigenvalue weighted by molar-refractivity contribution is 6.52. The Bertz CT molecular complexity index is 579. The smallest absolute Gasteiger partial charge is 0.219 e. The van der Waals surface area contributed by atoms with Gasteiger partial charge < -0.3 is 26.0 Å². The lowest BCUT2D eigenvalue weighted by atomic mass is 9.93. The predicted octanol–water partition coefficient (Wildman–Crippen LogP) is -2.05. The Hall–Kier alpha value is -1.79. The number of rotatable bonds is 2. The average Bonchev–Trinajstić information content (AvgIpc) is 3.03. The van der Waals surface area contributed by atoms with Gasteiger partial charge >= 0.3 is 0 Å². The Kier molecular flexibility index (Phi) is 3.51. The quantitative estimate of drug-likeness (QED) is 0.459. The van der Waals surface area contributed by atoms with Gasteiger partial charge in [0.2, 0.25) is 5.78 Å². The van der Waals surface area contributed by atoms with Gasteiger partial charge in [-0.2, -0.15) is 5.26 Å². The van der Waals surface area contributed by atoms with Crippen LogP contribution in [0.3, 0.4) is 0 Å². The van der Waals surface area contributed by atoms with Crippen molar-refractivity contribution in [3.8, 4) is 6.07 Å². The van der Waals surface area contributed by atoms with E-state index in [0.29, 0.717) is 17.7 Å². The topological polar surface area (TPSA) is 141 Å². The number of ether oxygens (including phenoxy) is 1. The Morgan fingerprint density at radius 2 is 2.33 bits per heavy atom. The number of aliphatic hydroxyl groups excluding tert-OH is 2. The number of nitrogens with two attached hydrogens (primary N) is 1. The number of hydrogen-bond donors (Lipinski definition) is 4. The van der Waals surface area contributed by atoms with Crippen LogP contribution in [0.2, 0.25) is 0 Å². The van der Waals surface area contributed by atoms with E-state index in [1.165, 1.54) is 0 Å². The number of carbonyl (C=O) groups excluding carboxylic acids is 1. The highest BCUT2D eigenvalue weighted by Crippen LogP contribution is 2.33. The maximum absolute atomic E-state index is 12.1. The summed E-state index contributed by atoms with van der Waals surface area (Å²) >= 11 is 0. The van der Waals surface area contributed by atoms with Gasteiger partial charge in [0.1, 0.15) is 18.2 Å². The lowest BCUT2D eigenvalue weighted by Gasteiger charge is -2.27. The molecule has 3 rings (SSSR count). The monoisotopic (exact) mass is 292 g/mol. The molecule has 1 saturated heterocycles. The number of carbonyl (C=O) groups is 1. The third-order valence-corrected chi connectivity index (χ3v) is 4.00. The molecule has 0 spiro atoms. The molecular weight excluding hydrogens is 276 g/mol. The van der Waals surface area contributed by atoms with E-state index < -0.39 is 36.3 Å². The van der Waals surface area contributed by atoms with E-state index in [4.69, 9.17) is 20.8 Å². The van der Waals surface area contributed by atoms with E-state index in [1.807, 2.05) is 0 Å². The molecule has 3 heterocycles. The molecule has 1 fully saturated rings. The molecule has 0 aromatic carbocycles. The first kappa shape index (κ1) is 14.2. The normalized spacial score (nSPS) is 38.9. The van der Waals surface area contributed by atoms with Crippen LogP contribution in [-0.2, 0) is 9.53 Å². The minimum atomic E-state index is -0.823. The zero-order chi connectivity index (χ0) is 15.1. The molecule has 8 heteroatoms. The number of aliphatic hydroxyl groups is 2. The summed E-state index contributed by atoms with van der Waals surface area (Å²) in [6, 6.07) is 1.11. The summed E-state index contributed by atoms with van der Waals surface area (Å²) < 4.78 is 5.59. The van der Waals surface area contributed by atoms with Crippen molar-refractivity contribution in [2.75, 3.05) is 6.61 Å². The van der Waals surface area contributed by atoms with Crippen molar-refractivity contribution >= 4 is 11.5 Å². The number of dihydropyridines is 1. The highest BCUT2D eigenvalue weighted by atomic mass is 16.5. The van der Waals surface area contributed by atoms with Gasteiger partial charge in [0.05, 0.1) is 25.0 Å². The van der Waals surface area contributed by atoms with Gasteiger partial charge in [-0.1, -0.05) is 0 Å². The molecule has 0 amide bonds. The molecule has 8 nitrogen and oxygen atoms in total. The number of hydrogen-bond acceptors (Lipinski definition) is 8. The summed E-state index contributed by atoms with van der Waals surface area (Å²) in [6.45, 7) is -0.202. The first-order chi connectivity index (χ1) is 10.0. The van der Waals surface area contributed by atoms with Gasteiger partial charge in [-0.3, -0.25) is 9.79 Å². The fourth-order valence-electron chi connectivity index (χ4n) is 3.04. The van der Waals surface area contributed by atoms with Crippen molar-refractivity contribution in [1.82, 2.24) is 5.32 Å². The van der Waals surface area contributed by atoms with E-state index in [2.05, 4.69) is 10.3 Å². The maximum atomic E-state index is 12.1. The van der Waals surface area contributed by atoms with E-state index in [0.717, 1.165) is 0 Å². The van der Waals surface area contributed by atoms with Crippen molar-refractivity contribution in [3.05, 3.63) is 11.3 Å². The van der Waals surface area contributed by atoms with Crippen molar-refractivity contribution in [1.29, 1.82) is 5.26 Å². The summed E-state index contributed by atoms with van der Waals surface area (Å²) in [7, 11) is 0. The van der Waals surface area contributed by atoms with Gasteiger partial charge in [0.15, 0.2) is 5.71 Å². The number of Topliss-reactive ketones (excluding diaryl/α,β-unsaturated/α-hetero) is 1. The largest absolute Gasteiger partial charge is 0.394 e. The molecule has 0 radical (unpaired) electrons. The third kappa shape index (κ3) is 2.24. The molecule has 0 aliphatic carbocycles. The second-order valence-electron chi connectivity index (χ2n) is 5.42. The van der Waals surface area contributed by atoms with Gasteiger partial charge in [-0.05, 0) is 0 Å². The van der Waals surface area contributed by atoms with Crippen LogP contribution in [0.25, 0.3) is 0 Å². The Morgan fingerprint density at radius 3 is 2.95 bits per heavy atom. The summed E-state index contributed by atoms with van der Waals surface area (Å²) in [5.41, 5.74) is 6.57. The minimum Gasteiger partial charge on any atom is -0.394 e. The molecule has 0 aromatic heterocycles. The van der Waals surface area contributed by atoms with Crippen LogP contribution in [0.15, 0.2) is 16.3 Å². The first-order valence-corrected chi connectivity index (χ1v) is 6.77. The van der Waals surface area contributed by atoms with E-state index in [-0.39, 0.29) is 18.7 Å². The maximum Gasteiger partial charge on any atom is 0.219 e. The first-order valence-electron chi connectivity index (χ1n) is 6.77. The number of aliphatic imine (C=N–C) groups is 1. The minimum absolute atomic E-state index is 0.196. The molecule has 2 unspecified atom stereocenters. The molecule has 112 valence electrons. The number of ketones is 1. The fraction of sp³-hybridized carbons (Fsp3) is 0.615. The van der Waals surface area contributed by atoms with Crippen molar-refractivity contribution < 1.29 is 19.7 Å². The molecule has 21 heavy (non-hydrogen) atoms. The fourth-order valence-corrected chi connectivity index (χ4v) is 3.04. The molecular formula is C13H16N4O4. The summed E-state index contributed by atoms with van der Waals surface area (Å²) in [4.78, 5) is 16.2. The summed E-state index contributed by atoms with van der Waals surface area (Å²) in [5, 5.41) is 31.3. The van der Waals surface area contributed by atoms with Gasteiger partial charge in [-0.25, -0.2) is 0 Å². The summed E-state index contributed by atoms with van der Waals surface area (Å²) in [6.07, 6.45) is -1.81. The Balaban J connectivity index is 1.95. The van der Waals surface area contributed by atoms with E-state index >= 15 is 0 Å². The van der Waals surface area contributed by atoms with E-state index in [9.17, 15) is 9.90 Å². The molecule has 0 saturated carbocycles. The average molecular weight is 292 g/mol. The molecule has 5 atom stereocenters.